The standard InChI is InChI=1S/C16H23NO2/c1-12-5-3-4-6-15(12)17-16(18)11-13-7-9-14(19-2)10-8-13/h7-10,12,15H,3-6,11H2,1-2H3,(H,17,18)/t12-,15-/m0/s1. The largest absolute Gasteiger partial charge is 0.497 e. The van der Waals surface area contributed by atoms with Gasteiger partial charge in [-0.2, -0.15) is 0 Å². The van der Waals surface area contributed by atoms with E-state index in [1.807, 2.05) is 24.3 Å². The summed E-state index contributed by atoms with van der Waals surface area (Å²) >= 11 is 0. The van der Waals surface area contributed by atoms with E-state index in [0.717, 1.165) is 17.7 Å². The number of methoxy groups -OCH3 is 1. The van der Waals surface area contributed by atoms with Crippen LogP contribution in [-0.4, -0.2) is 19.1 Å². The number of ether oxygens (including phenoxy) is 1. The van der Waals surface area contributed by atoms with Crippen LogP contribution in [0.5, 0.6) is 5.75 Å². The van der Waals surface area contributed by atoms with E-state index in [-0.39, 0.29) is 5.91 Å². The van der Waals surface area contributed by atoms with E-state index in [4.69, 9.17) is 4.74 Å². The molecule has 1 aromatic rings. The van der Waals surface area contributed by atoms with Crippen molar-refractivity contribution in [1.29, 1.82) is 0 Å². The number of rotatable bonds is 4. The van der Waals surface area contributed by atoms with E-state index in [2.05, 4.69) is 12.2 Å². The molecular weight excluding hydrogens is 238 g/mol. The fourth-order valence-electron chi connectivity index (χ4n) is 2.72. The van der Waals surface area contributed by atoms with Crippen molar-refractivity contribution >= 4 is 5.91 Å². The number of benzene rings is 1. The number of carbonyl (C=O) groups is 1. The van der Waals surface area contributed by atoms with Crippen LogP contribution in [0.2, 0.25) is 0 Å². The van der Waals surface area contributed by atoms with E-state index in [0.29, 0.717) is 18.4 Å². The molecule has 0 radical (unpaired) electrons. The third-order valence-electron chi connectivity index (χ3n) is 3.98. The van der Waals surface area contributed by atoms with Crippen LogP contribution >= 0.6 is 0 Å². The van der Waals surface area contributed by atoms with Crippen LogP contribution in [0.1, 0.15) is 38.2 Å². The van der Waals surface area contributed by atoms with Crippen LogP contribution < -0.4 is 10.1 Å². The molecule has 3 nitrogen and oxygen atoms in total. The summed E-state index contributed by atoms with van der Waals surface area (Å²) in [6.45, 7) is 2.23. The van der Waals surface area contributed by atoms with Gasteiger partial charge in [-0.1, -0.05) is 31.9 Å². The molecule has 0 unspecified atom stereocenters. The van der Waals surface area contributed by atoms with Gasteiger partial charge in [-0.05, 0) is 36.5 Å². The predicted octanol–water partition coefficient (Wildman–Crippen LogP) is 2.93. The van der Waals surface area contributed by atoms with Gasteiger partial charge in [0.15, 0.2) is 0 Å². The minimum Gasteiger partial charge on any atom is -0.497 e. The molecule has 1 saturated carbocycles. The zero-order chi connectivity index (χ0) is 13.7. The first-order valence-electron chi connectivity index (χ1n) is 7.11. The average molecular weight is 261 g/mol. The molecule has 1 aliphatic carbocycles. The average Bonchev–Trinajstić information content (AvgIpc) is 2.42. The van der Waals surface area contributed by atoms with Gasteiger partial charge in [0.05, 0.1) is 13.5 Å². The molecule has 0 bridgehead atoms. The molecule has 1 amide bonds. The fourth-order valence-corrected chi connectivity index (χ4v) is 2.72. The first kappa shape index (κ1) is 13.9. The Morgan fingerprint density at radius 1 is 1.26 bits per heavy atom. The fraction of sp³-hybridized carbons (Fsp3) is 0.562. The number of carbonyl (C=O) groups excluding carboxylic acids is 1. The van der Waals surface area contributed by atoms with Gasteiger partial charge in [-0.25, -0.2) is 0 Å². The van der Waals surface area contributed by atoms with Crippen LogP contribution in [0.3, 0.4) is 0 Å². The molecule has 0 heterocycles. The maximum absolute atomic E-state index is 12.0. The quantitative estimate of drug-likeness (QED) is 0.905. The Kier molecular flexibility index (Phi) is 4.83. The minimum absolute atomic E-state index is 0.129. The Bertz CT molecular complexity index is 413. The topological polar surface area (TPSA) is 38.3 Å². The van der Waals surface area contributed by atoms with E-state index < -0.39 is 0 Å². The van der Waals surface area contributed by atoms with Crippen LogP contribution in [0.4, 0.5) is 0 Å². The molecule has 1 fully saturated rings. The predicted molar refractivity (Wildman–Crippen MR) is 76.3 cm³/mol. The molecule has 104 valence electrons. The second-order valence-corrected chi connectivity index (χ2v) is 5.46. The summed E-state index contributed by atoms with van der Waals surface area (Å²) in [5.41, 5.74) is 1.03. The normalized spacial score (nSPS) is 22.8. The van der Waals surface area contributed by atoms with Crippen LogP contribution in [0.25, 0.3) is 0 Å². The van der Waals surface area contributed by atoms with Gasteiger partial charge in [0.25, 0.3) is 0 Å². The highest BCUT2D eigenvalue weighted by Crippen LogP contribution is 2.23. The molecule has 0 spiro atoms. The molecule has 3 heteroatoms. The maximum atomic E-state index is 12.0. The highest BCUT2D eigenvalue weighted by molar-refractivity contribution is 5.78. The molecule has 1 aliphatic rings. The van der Waals surface area contributed by atoms with Crippen molar-refractivity contribution in [2.45, 2.75) is 45.1 Å². The third-order valence-corrected chi connectivity index (χ3v) is 3.98. The van der Waals surface area contributed by atoms with Crippen molar-refractivity contribution in [3.63, 3.8) is 0 Å². The van der Waals surface area contributed by atoms with Gasteiger partial charge >= 0.3 is 0 Å². The van der Waals surface area contributed by atoms with Crippen LogP contribution in [0.15, 0.2) is 24.3 Å². The van der Waals surface area contributed by atoms with Gasteiger partial charge in [-0.15, -0.1) is 0 Å². The Morgan fingerprint density at radius 3 is 2.58 bits per heavy atom. The molecule has 0 aromatic heterocycles. The molecular formula is C16H23NO2. The smallest absolute Gasteiger partial charge is 0.224 e. The number of amides is 1. The van der Waals surface area contributed by atoms with E-state index in [1.54, 1.807) is 7.11 Å². The lowest BCUT2D eigenvalue weighted by molar-refractivity contribution is -0.121. The molecule has 2 rings (SSSR count). The van der Waals surface area contributed by atoms with Crippen molar-refractivity contribution in [2.24, 2.45) is 5.92 Å². The van der Waals surface area contributed by atoms with Gasteiger partial charge in [0.1, 0.15) is 5.75 Å². The summed E-state index contributed by atoms with van der Waals surface area (Å²) < 4.78 is 5.11. The second-order valence-electron chi connectivity index (χ2n) is 5.46. The SMILES string of the molecule is COc1ccc(CC(=O)N[C@H]2CCCC[C@@H]2C)cc1. The lowest BCUT2D eigenvalue weighted by Gasteiger charge is -2.29. The molecule has 0 aliphatic heterocycles. The molecule has 1 N–H and O–H groups in total. The summed E-state index contributed by atoms with van der Waals surface area (Å²) in [5, 5.41) is 3.18. The number of hydrogen-bond acceptors (Lipinski definition) is 2. The van der Waals surface area contributed by atoms with Gasteiger partial charge in [-0.3, -0.25) is 4.79 Å². The lowest BCUT2D eigenvalue weighted by Crippen LogP contribution is -2.41. The van der Waals surface area contributed by atoms with Crippen molar-refractivity contribution in [2.75, 3.05) is 7.11 Å². The first-order chi connectivity index (χ1) is 9.19. The summed E-state index contributed by atoms with van der Waals surface area (Å²) in [5.74, 6) is 1.56. The van der Waals surface area contributed by atoms with Gasteiger partial charge in [0, 0.05) is 6.04 Å². The Morgan fingerprint density at radius 2 is 1.95 bits per heavy atom. The highest BCUT2D eigenvalue weighted by atomic mass is 16.5. The molecule has 2 atom stereocenters. The highest BCUT2D eigenvalue weighted by Gasteiger charge is 2.22. The lowest BCUT2D eigenvalue weighted by atomic mass is 9.86. The Hall–Kier alpha value is -1.51. The molecule has 19 heavy (non-hydrogen) atoms. The van der Waals surface area contributed by atoms with E-state index in [1.165, 1.54) is 19.3 Å². The summed E-state index contributed by atoms with van der Waals surface area (Å²) in [6.07, 6.45) is 5.33. The van der Waals surface area contributed by atoms with E-state index in [9.17, 15) is 4.79 Å². The van der Waals surface area contributed by atoms with Crippen LogP contribution in [0, 0.1) is 5.92 Å². The van der Waals surface area contributed by atoms with Gasteiger partial charge < -0.3 is 10.1 Å². The summed E-state index contributed by atoms with van der Waals surface area (Å²) in [7, 11) is 1.65. The van der Waals surface area contributed by atoms with E-state index >= 15 is 0 Å². The second kappa shape index (κ2) is 6.60. The Balaban J connectivity index is 1.86. The zero-order valence-electron chi connectivity index (χ0n) is 11.8. The van der Waals surface area contributed by atoms with Crippen molar-refractivity contribution in [3.8, 4) is 5.75 Å². The van der Waals surface area contributed by atoms with Gasteiger partial charge in [0.2, 0.25) is 5.91 Å². The minimum atomic E-state index is 0.129. The van der Waals surface area contributed by atoms with Crippen molar-refractivity contribution < 1.29 is 9.53 Å². The third kappa shape index (κ3) is 3.98. The van der Waals surface area contributed by atoms with Crippen LogP contribution in [-0.2, 0) is 11.2 Å². The zero-order valence-corrected chi connectivity index (χ0v) is 11.8. The maximum Gasteiger partial charge on any atom is 0.224 e. The monoisotopic (exact) mass is 261 g/mol. The molecule has 0 saturated heterocycles. The summed E-state index contributed by atoms with van der Waals surface area (Å²) in [6, 6.07) is 8.04. The number of hydrogen-bond donors (Lipinski definition) is 1. The van der Waals surface area contributed by atoms with Crippen molar-refractivity contribution in [3.05, 3.63) is 29.8 Å². The molecule has 1 aromatic carbocycles. The Labute approximate surface area is 115 Å². The van der Waals surface area contributed by atoms with Crippen molar-refractivity contribution in [1.82, 2.24) is 5.32 Å². The summed E-state index contributed by atoms with van der Waals surface area (Å²) in [4.78, 5) is 12.0. The number of nitrogens with one attached hydrogen (secondary N) is 1. The first-order valence-corrected chi connectivity index (χ1v) is 7.11.